The van der Waals surface area contributed by atoms with Crippen molar-refractivity contribution in [2.24, 2.45) is 0 Å². The highest BCUT2D eigenvalue weighted by atomic mass is 79.9. The minimum Gasteiger partial charge on any atom is -0.339 e. The molecule has 0 aliphatic carbocycles. The summed E-state index contributed by atoms with van der Waals surface area (Å²) in [6.07, 6.45) is 3.49. The molecule has 0 saturated carbocycles. The van der Waals surface area contributed by atoms with Gasteiger partial charge in [-0.05, 0) is 40.2 Å². The van der Waals surface area contributed by atoms with Gasteiger partial charge in [0, 0.05) is 6.20 Å². The highest BCUT2D eigenvalue weighted by molar-refractivity contribution is 9.10. The molecule has 0 atom stereocenters. The molecule has 1 N–H and O–H groups in total. The summed E-state index contributed by atoms with van der Waals surface area (Å²) in [6.45, 7) is 0. The molecule has 0 radical (unpaired) electrons. The summed E-state index contributed by atoms with van der Waals surface area (Å²) >= 11 is 3.31. The first-order valence-corrected chi connectivity index (χ1v) is 4.93. The standard InChI is InChI=1S/C10H8BrN3/c11-9-4-1-5-10(14-9)13-8-3-2-6-12-7-8/h1-7H,(H,13,14). The highest BCUT2D eigenvalue weighted by Crippen LogP contribution is 2.15. The Morgan fingerprint density at radius 3 is 2.79 bits per heavy atom. The van der Waals surface area contributed by atoms with Gasteiger partial charge in [-0.3, -0.25) is 4.98 Å². The molecule has 0 unspecified atom stereocenters. The van der Waals surface area contributed by atoms with Crippen LogP contribution >= 0.6 is 15.9 Å². The zero-order valence-corrected chi connectivity index (χ0v) is 8.90. The van der Waals surface area contributed by atoms with Gasteiger partial charge in [0.15, 0.2) is 0 Å². The summed E-state index contributed by atoms with van der Waals surface area (Å²) in [5.41, 5.74) is 0.929. The molecule has 0 aromatic carbocycles. The van der Waals surface area contributed by atoms with Gasteiger partial charge in [0.1, 0.15) is 10.4 Å². The van der Waals surface area contributed by atoms with Gasteiger partial charge in [0.25, 0.3) is 0 Å². The van der Waals surface area contributed by atoms with Crippen molar-refractivity contribution in [3.05, 3.63) is 47.3 Å². The number of hydrogen-bond acceptors (Lipinski definition) is 3. The van der Waals surface area contributed by atoms with Crippen molar-refractivity contribution in [1.29, 1.82) is 0 Å². The molecule has 2 aromatic heterocycles. The van der Waals surface area contributed by atoms with Gasteiger partial charge in [-0.15, -0.1) is 0 Å². The maximum atomic E-state index is 4.25. The van der Waals surface area contributed by atoms with Gasteiger partial charge in [0.05, 0.1) is 11.9 Å². The quantitative estimate of drug-likeness (QED) is 0.832. The van der Waals surface area contributed by atoms with Gasteiger partial charge in [-0.25, -0.2) is 4.98 Å². The Kier molecular flexibility index (Phi) is 2.74. The Balaban J connectivity index is 2.19. The van der Waals surface area contributed by atoms with Crippen LogP contribution in [0.5, 0.6) is 0 Å². The summed E-state index contributed by atoms with van der Waals surface area (Å²) in [5.74, 6) is 0.798. The Bertz CT molecular complexity index is 417. The van der Waals surface area contributed by atoms with E-state index in [0.29, 0.717) is 0 Å². The second-order valence-electron chi connectivity index (χ2n) is 2.71. The summed E-state index contributed by atoms with van der Waals surface area (Å²) in [7, 11) is 0. The Hall–Kier alpha value is -1.42. The van der Waals surface area contributed by atoms with Crippen LogP contribution < -0.4 is 5.32 Å². The SMILES string of the molecule is Brc1cccc(Nc2cccnc2)n1. The number of rotatable bonds is 2. The van der Waals surface area contributed by atoms with Crippen LogP contribution in [0.2, 0.25) is 0 Å². The van der Waals surface area contributed by atoms with E-state index in [1.807, 2.05) is 30.3 Å². The Labute approximate surface area is 90.3 Å². The van der Waals surface area contributed by atoms with E-state index in [1.165, 1.54) is 0 Å². The van der Waals surface area contributed by atoms with Crippen LogP contribution in [0.15, 0.2) is 47.3 Å². The molecule has 2 rings (SSSR count). The molecule has 2 aromatic rings. The molecule has 14 heavy (non-hydrogen) atoms. The number of hydrogen-bond donors (Lipinski definition) is 1. The average Bonchev–Trinajstić information content (AvgIpc) is 2.19. The summed E-state index contributed by atoms with van der Waals surface area (Å²) < 4.78 is 0.811. The molecule has 0 saturated heterocycles. The van der Waals surface area contributed by atoms with Crippen LogP contribution in [0, 0.1) is 0 Å². The summed E-state index contributed by atoms with van der Waals surface area (Å²) in [6, 6.07) is 9.53. The maximum absolute atomic E-state index is 4.25. The zero-order valence-electron chi connectivity index (χ0n) is 7.31. The van der Waals surface area contributed by atoms with Crippen molar-refractivity contribution in [3.8, 4) is 0 Å². The lowest BCUT2D eigenvalue weighted by Crippen LogP contribution is -1.93. The normalized spacial score (nSPS) is 9.79. The number of nitrogens with zero attached hydrogens (tertiary/aromatic N) is 2. The number of halogens is 1. The molecule has 2 heterocycles. The summed E-state index contributed by atoms with van der Waals surface area (Å²) in [4.78, 5) is 8.25. The minimum atomic E-state index is 0.798. The van der Waals surface area contributed by atoms with Crippen molar-refractivity contribution in [3.63, 3.8) is 0 Å². The first-order valence-electron chi connectivity index (χ1n) is 4.14. The van der Waals surface area contributed by atoms with E-state index in [-0.39, 0.29) is 0 Å². The first kappa shape index (κ1) is 9.15. The number of aromatic nitrogens is 2. The van der Waals surface area contributed by atoms with Crippen LogP contribution in [0.1, 0.15) is 0 Å². The van der Waals surface area contributed by atoms with E-state index < -0.39 is 0 Å². The van der Waals surface area contributed by atoms with Crippen molar-refractivity contribution >= 4 is 27.4 Å². The lowest BCUT2D eigenvalue weighted by atomic mass is 10.4. The number of anilines is 2. The van der Waals surface area contributed by atoms with E-state index in [4.69, 9.17) is 0 Å². The van der Waals surface area contributed by atoms with Gasteiger partial charge in [-0.1, -0.05) is 6.07 Å². The van der Waals surface area contributed by atoms with Crippen LogP contribution in [-0.2, 0) is 0 Å². The van der Waals surface area contributed by atoms with Crippen molar-refractivity contribution in [1.82, 2.24) is 9.97 Å². The molecule has 70 valence electrons. The predicted molar refractivity (Wildman–Crippen MR) is 59.5 cm³/mol. The minimum absolute atomic E-state index is 0.798. The largest absolute Gasteiger partial charge is 0.339 e. The molecule has 4 heteroatoms. The Morgan fingerprint density at radius 1 is 1.14 bits per heavy atom. The smallest absolute Gasteiger partial charge is 0.131 e. The van der Waals surface area contributed by atoms with E-state index >= 15 is 0 Å². The predicted octanol–water partition coefficient (Wildman–Crippen LogP) is 2.98. The van der Waals surface area contributed by atoms with Crippen molar-refractivity contribution in [2.75, 3.05) is 5.32 Å². The zero-order chi connectivity index (χ0) is 9.80. The van der Waals surface area contributed by atoms with Crippen LogP contribution in [0.25, 0.3) is 0 Å². The lowest BCUT2D eigenvalue weighted by molar-refractivity contribution is 1.25. The fraction of sp³-hybridized carbons (Fsp3) is 0. The third kappa shape index (κ3) is 2.29. The second-order valence-corrected chi connectivity index (χ2v) is 3.52. The topological polar surface area (TPSA) is 37.8 Å². The Morgan fingerprint density at radius 2 is 2.07 bits per heavy atom. The van der Waals surface area contributed by atoms with Crippen LogP contribution in [0.4, 0.5) is 11.5 Å². The monoisotopic (exact) mass is 249 g/mol. The van der Waals surface area contributed by atoms with Crippen LogP contribution in [0.3, 0.4) is 0 Å². The molecule has 3 nitrogen and oxygen atoms in total. The van der Waals surface area contributed by atoms with Crippen molar-refractivity contribution in [2.45, 2.75) is 0 Å². The molecule has 0 spiro atoms. The fourth-order valence-corrected chi connectivity index (χ4v) is 1.41. The molecular formula is C10H8BrN3. The highest BCUT2D eigenvalue weighted by Gasteiger charge is 1.95. The van der Waals surface area contributed by atoms with E-state index in [1.54, 1.807) is 12.4 Å². The maximum Gasteiger partial charge on any atom is 0.131 e. The van der Waals surface area contributed by atoms with E-state index in [9.17, 15) is 0 Å². The van der Waals surface area contributed by atoms with Gasteiger partial charge in [0.2, 0.25) is 0 Å². The van der Waals surface area contributed by atoms with Crippen molar-refractivity contribution < 1.29 is 0 Å². The molecule has 0 amide bonds. The van der Waals surface area contributed by atoms with E-state index in [0.717, 1.165) is 16.1 Å². The lowest BCUT2D eigenvalue weighted by Gasteiger charge is -2.04. The number of nitrogens with one attached hydrogen (secondary N) is 1. The first-order chi connectivity index (χ1) is 6.84. The average molecular weight is 250 g/mol. The van der Waals surface area contributed by atoms with Gasteiger partial charge < -0.3 is 5.32 Å². The summed E-state index contributed by atoms with van der Waals surface area (Å²) in [5, 5.41) is 3.14. The van der Waals surface area contributed by atoms with Crippen LogP contribution in [-0.4, -0.2) is 9.97 Å². The fourth-order valence-electron chi connectivity index (χ4n) is 1.06. The number of pyridine rings is 2. The van der Waals surface area contributed by atoms with Gasteiger partial charge >= 0.3 is 0 Å². The third-order valence-corrected chi connectivity index (χ3v) is 2.09. The second kappa shape index (κ2) is 4.19. The third-order valence-electron chi connectivity index (χ3n) is 1.65. The van der Waals surface area contributed by atoms with Gasteiger partial charge in [-0.2, -0.15) is 0 Å². The molecule has 0 fully saturated rings. The molecule has 0 aliphatic rings. The molecule has 0 aliphatic heterocycles. The molecular weight excluding hydrogens is 242 g/mol. The molecule has 0 bridgehead atoms. The van der Waals surface area contributed by atoms with E-state index in [2.05, 4.69) is 31.2 Å².